The van der Waals surface area contributed by atoms with Crippen molar-refractivity contribution in [2.75, 3.05) is 6.54 Å². The number of piperidine rings is 1. The second-order valence-corrected chi connectivity index (χ2v) is 4.82. The lowest BCUT2D eigenvalue weighted by atomic mass is 9.96. The maximum Gasteiger partial charge on any atom is 0.433 e. The molecule has 0 radical (unpaired) electrons. The van der Waals surface area contributed by atoms with Gasteiger partial charge in [-0.15, -0.1) is 0 Å². The number of likely N-dealkylation sites (tertiary alicyclic amines) is 1. The summed E-state index contributed by atoms with van der Waals surface area (Å²) in [5.74, 6) is -0.743. The van der Waals surface area contributed by atoms with Gasteiger partial charge in [-0.1, -0.05) is 0 Å². The van der Waals surface area contributed by atoms with E-state index in [2.05, 4.69) is 0 Å². The van der Waals surface area contributed by atoms with Gasteiger partial charge in [0.2, 0.25) is 0 Å². The molecule has 0 spiro atoms. The van der Waals surface area contributed by atoms with E-state index >= 15 is 0 Å². The van der Waals surface area contributed by atoms with Crippen molar-refractivity contribution in [1.29, 1.82) is 0 Å². The molecule has 2 N–H and O–H groups in total. The van der Waals surface area contributed by atoms with Gasteiger partial charge < -0.3 is 15.1 Å². The Balaban J connectivity index is 2.18. The highest BCUT2D eigenvalue weighted by molar-refractivity contribution is 5.92. The third kappa shape index (κ3) is 2.76. The summed E-state index contributed by atoms with van der Waals surface area (Å²) in [7, 11) is 0. The van der Waals surface area contributed by atoms with Gasteiger partial charge in [-0.3, -0.25) is 14.9 Å². The van der Waals surface area contributed by atoms with Gasteiger partial charge >= 0.3 is 5.88 Å². The van der Waals surface area contributed by atoms with Gasteiger partial charge in [0.15, 0.2) is 5.76 Å². The molecule has 1 fully saturated rings. The molecule has 1 amide bonds. The zero-order valence-corrected chi connectivity index (χ0v) is 10.7. The number of carbonyl (C=O) groups is 1. The maximum atomic E-state index is 12.3. The lowest BCUT2D eigenvalue weighted by molar-refractivity contribution is -0.402. The van der Waals surface area contributed by atoms with E-state index in [9.17, 15) is 14.9 Å². The van der Waals surface area contributed by atoms with Crippen molar-refractivity contribution in [1.82, 2.24) is 4.90 Å². The number of nitrogens with zero attached hydrogens (tertiary/aromatic N) is 2. The normalized spacial score (nSPS) is 21.2. The van der Waals surface area contributed by atoms with Crippen molar-refractivity contribution >= 4 is 11.8 Å². The molecule has 7 nitrogen and oxygen atoms in total. The Morgan fingerprint density at radius 3 is 2.89 bits per heavy atom. The van der Waals surface area contributed by atoms with Crippen LogP contribution in [0, 0.1) is 10.1 Å². The van der Waals surface area contributed by atoms with Crippen molar-refractivity contribution in [3.63, 3.8) is 0 Å². The van der Waals surface area contributed by atoms with Crippen LogP contribution in [0.25, 0.3) is 0 Å². The highest BCUT2D eigenvalue weighted by Gasteiger charge is 2.32. The molecule has 1 aliphatic heterocycles. The largest absolute Gasteiger partial charge is 0.433 e. The zero-order chi connectivity index (χ0) is 14.0. The number of nitro groups is 1. The highest BCUT2D eigenvalue weighted by Crippen LogP contribution is 2.23. The molecule has 2 heterocycles. The van der Waals surface area contributed by atoms with E-state index in [4.69, 9.17) is 10.2 Å². The summed E-state index contributed by atoms with van der Waals surface area (Å²) < 4.78 is 4.96. The topological polar surface area (TPSA) is 103 Å². The molecule has 1 aromatic rings. The Labute approximate surface area is 110 Å². The molecule has 2 rings (SSSR count). The predicted octanol–water partition coefficient (Wildman–Crippen LogP) is 1.53. The average molecular weight is 267 g/mol. The summed E-state index contributed by atoms with van der Waals surface area (Å²) in [5.41, 5.74) is 5.89. The van der Waals surface area contributed by atoms with E-state index in [1.165, 1.54) is 12.1 Å². The average Bonchev–Trinajstić information content (AvgIpc) is 2.87. The Morgan fingerprint density at radius 2 is 2.32 bits per heavy atom. The lowest BCUT2D eigenvalue weighted by Gasteiger charge is -2.37. The van der Waals surface area contributed by atoms with E-state index in [1.807, 2.05) is 6.92 Å². The lowest BCUT2D eigenvalue weighted by Crippen LogP contribution is -2.51. The molecule has 2 unspecified atom stereocenters. The first-order chi connectivity index (χ1) is 9.00. The van der Waals surface area contributed by atoms with Gasteiger partial charge in [-0.25, -0.2) is 0 Å². The second-order valence-electron chi connectivity index (χ2n) is 4.82. The maximum absolute atomic E-state index is 12.3. The Hall–Kier alpha value is -1.89. The molecular formula is C12H17N3O4. The predicted molar refractivity (Wildman–Crippen MR) is 67.7 cm³/mol. The summed E-state index contributed by atoms with van der Waals surface area (Å²) in [6.07, 6.45) is 2.80. The Bertz CT molecular complexity index is 483. The second kappa shape index (κ2) is 5.40. The minimum Gasteiger partial charge on any atom is -0.395 e. The number of nitrogens with two attached hydrogens (primary N) is 1. The van der Waals surface area contributed by atoms with E-state index in [-0.39, 0.29) is 23.8 Å². The van der Waals surface area contributed by atoms with E-state index in [1.54, 1.807) is 4.90 Å². The van der Waals surface area contributed by atoms with Crippen LogP contribution in [0.2, 0.25) is 0 Å². The van der Waals surface area contributed by atoms with E-state index < -0.39 is 10.8 Å². The smallest absolute Gasteiger partial charge is 0.395 e. The number of furan rings is 1. The van der Waals surface area contributed by atoms with Crippen molar-refractivity contribution in [2.45, 2.75) is 38.3 Å². The minimum absolute atomic E-state index is 0.000694. The summed E-state index contributed by atoms with van der Waals surface area (Å²) in [4.78, 5) is 23.9. The van der Waals surface area contributed by atoms with Crippen LogP contribution >= 0.6 is 0 Å². The van der Waals surface area contributed by atoms with Gasteiger partial charge in [-0.2, -0.15) is 0 Å². The molecule has 0 saturated carbocycles. The summed E-state index contributed by atoms with van der Waals surface area (Å²) >= 11 is 0. The Morgan fingerprint density at radius 1 is 1.58 bits per heavy atom. The fourth-order valence-electron chi connectivity index (χ4n) is 2.44. The highest BCUT2D eigenvalue weighted by atomic mass is 16.6. The minimum atomic E-state index is -0.657. The van der Waals surface area contributed by atoms with Crippen LogP contribution < -0.4 is 5.73 Å². The third-order valence-corrected chi connectivity index (χ3v) is 3.40. The molecule has 2 atom stereocenters. The standard InChI is InChI=1S/C12H17N3O4/c1-8(13)9-4-2-3-7-14(9)12(16)10-5-6-11(19-10)15(17)18/h5-6,8-9H,2-4,7,13H2,1H3. The molecule has 0 aliphatic carbocycles. The van der Waals surface area contributed by atoms with Gasteiger partial charge in [0.1, 0.15) is 4.92 Å². The fraction of sp³-hybridized carbons (Fsp3) is 0.583. The number of carbonyl (C=O) groups excluding carboxylic acids is 1. The number of hydrogen-bond acceptors (Lipinski definition) is 5. The summed E-state index contributed by atoms with van der Waals surface area (Å²) in [5, 5.41) is 10.6. The molecule has 0 aromatic carbocycles. The number of hydrogen-bond donors (Lipinski definition) is 1. The summed E-state index contributed by atoms with van der Waals surface area (Å²) in [6, 6.07) is 2.37. The summed E-state index contributed by atoms with van der Waals surface area (Å²) in [6.45, 7) is 2.47. The van der Waals surface area contributed by atoms with Crippen molar-refractivity contribution < 1.29 is 14.1 Å². The monoisotopic (exact) mass is 267 g/mol. The third-order valence-electron chi connectivity index (χ3n) is 3.40. The van der Waals surface area contributed by atoms with Crippen LogP contribution in [-0.2, 0) is 0 Å². The number of rotatable bonds is 3. The van der Waals surface area contributed by atoms with Gasteiger partial charge in [0.25, 0.3) is 5.91 Å². The first-order valence-corrected chi connectivity index (χ1v) is 6.31. The quantitative estimate of drug-likeness (QED) is 0.660. The van der Waals surface area contributed by atoms with Crippen LogP contribution in [0.15, 0.2) is 16.5 Å². The molecule has 7 heteroatoms. The number of amides is 1. The zero-order valence-electron chi connectivity index (χ0n) is 10.7. The van der Waals surface area contributed by atoms with Crippen LogP contribution in [0.1, 0.15) is 36.7 Å². The molecule has 0 bridgehead atoms. The molecule has 1 aliphatic rings. The first kappa shape index (κ1) is 13.5. The van der Waals surface area contributed by atoms with E-state index in [0.717, 1.165) is 19.3 Å². The van der Waals surface area contributed by atoms with Crippen molar-refractivity contribution in [2.24, 2.45) is 5.73 Å². The van der Waals surface area contributed by atoms with Crippen molar-refractivity contribution in [3.8, 4) is 0 Å². The molecule has 1 aromatic heterocycles. The van der Waals surface area contributed by atoms with Gasteiger partial charge in [0.05, 0.1) is 6.07 Å². The van der Waals surface area contributed by atoms with Crippen molar-refractivity contribution in [3.05, 3.63) is 28.0 Å². The van der Waals surface area contributed by atoms with Crippen LogP contribution in [0.4, 0.5) is 5.88 Å². The first-order valence-electron chi connectivity index (χ1n) is 6.31. The molecular weight excluding hydrogens is 250 g/mol. The molecule has 104 valence electrons. The van der Waals surface area contributed by atoms with Gasteiger partial charge in [-0.05, 0) is 32.3 Å². The van der Waals surface area contributed by atoms with Crippen LogP contribution in [0.5, 0.6) is 0 Å². The van der Waals surface area contributed by atoms with Crippen LogP contribution in [-0.4, -0.2) is 34.4 Å². The molecule has 1 saturated heterocycles. The van der Waals surface area contributed by atoms with Gasteiger partial charge in [0, 0.05) is 18.6 Å². The van der Waals surface area contributed by atoms with Crippen LogP contribution in [0.3, 0.4) is 0 Å². The fourth-order valence-corrected chi connectivity index (χ4v) is 2.44. The SMILES string of the molecule is CC(N)C1CCCCN1C(=O)c1ccc([N+](=O)[O-])o1. The Kier molecular flexibility index (Phi) is 3.84. The molecule has 19 heavy (non-hydrogen) atoms. The van der Waals surface area contributed by atoms with E-state index in [0.29, 0.717) is 6.54 Å².